The molecule has 0 aromatic carbocycles. The van der Waals surface area contributed by atoms with Gasteiger partial charge in [-0.3, -0.25) is 4.79 Å². The lowest BCUT2D eigenvalue weighted by Crippen LogP contribution is -2.42. The summed E-state index contributed by atoms with van der Waals surface area (Å²) < 4.78 is 0. The highest BCUT2D eigenvalue weighted by Gasteiger charge is 2.27. The molecular formula is C17H26N2OS. The second kappa shape index (κ2) is 6.09. The maximum absolute atomic E-state index is 12.7. The van der Waals surface area contributed by atoms with Crippen molar-refractivity contribution in [1.29, 1.82) is 0 Å². The Hall–Kier alpha value is -0.870. The average Bonchev–Trinajstić information content (AvgIpc) is 2.89. The summed E-state index contributed by atoms with van der Waals surface area (Å²) in [7, 11) is 0. The predicted octanol–water partition coefficient (Wildman–Crippen LogP) is 3.07. The van der Waals surface area contributed by atoms with Crippen molar-refractivity contribution in [3.05, 3.63) is 21.4 Å². The van der Waals surface area contributed by atoms with Gasteiger partial charge in [0.1, 0.15) is 0 Å². The van der Waals surface area contributed by atoms with Gasteiger partial charge in [-0.05, 0) is 62.5 Å². The second-order valence-electron chi connectivity index (χ2n) is 6.90. The molecule has 3 nitrogen and oxygen atoms in total. The summed E-state index contributed by atoms with van der Waals surface area (Å²) in [4.78, 5) is 17.1. The van der Waals surface area contributed by atoms with Crippen molar-refractivity contribution in [2.45, 2.75) is 52.0 Å². The molecule has 2 heterocycles. The van der Waals surface area contributed by atoms with Gasteiger partial charge >= 0.3 is 0 Å². The highest BCUT2D eigenvalue weighted by atomic mass is 32.1. The van der Waals surface area contributed by atoms with Crippen molar-refractivity contribution in [1.82, 2.24) is 4.90 Å². The molecule has 0 radical (unpaired) electrons. The highest BCUT2D eigenvalue weighted by Crippen LogP contribution is 2.33. The van der Waals surface area contributed by atoms with Gasteiger partial charge in [-0.2, -0.15) is 0 Å². The number of amides is 1. The van der Waals surface area contributed by atoms with Crippen molar-refractivity contribution < 1.29 is 4.79 Å². The Morgan fingerprint density at radius 3 is 2.76 bits per heavy atom. The summed E-state index contributed by atoms with van der Waals surface area (Å²) in [5.74, 6) is 1.58. The number of nitrogens with zero attached hydrogens (tertiary/aromatic N) is 1. The first kappa shape index (κ1) is 15.0. The molecule has 0 bridgehead atoms. The summed E-state index contributed by atoms with van der Waals surface area (Å²) in [5.41, 5.74) is 7.40. The van der Waals surface area contributed by atoms with Gasteiger partial charge < -0.3 is 10.6 Å². The fourth-order valence-corrected chi connectivity index (χ4v) is 4.77. The maximum atomic E-state index is 12.7. The standard InChI is InChI=1S/C17H26N2OS/c1-11-3-4-15-14(9-11)10-16(21-15)17(20)19-7-5-13(6-8-19)12(2)18/h10-13H,3-9,18H2,1-2H3. The summed E-state index contributed by atoms with van der Waals surface area (Å²) in [6, 6.07) is 2.41. The molecule has 2 atom stereocenters. The van der Waals surface area contributed by atoms with Gasteiger partial charge in [0.25, 0.3) is 5.91 Å². The van der Waals surface area contributed by atoms with Gasteiger partial charge in [0.2, 0.25) is 0 Å². The molecule has 2 unspecified atom stereocenters. The van der Waals surface area contributed by atoms with Gasteiger partial charge in [0, 0.05) is 24.0 Å². The van der Waals surface area contributed by atoms with E-state index in [0.717, 1.165) is 49.6 Å². The van der Waals surface area contributed by atoms with Crippen molar-refractivity contribution in [3.8, 4) is 0 Å². The Morgan fingerprint density at radius 2 is 2.10 bits per heavy atom. The molecule has 0 spiro atoms. The van der Waals surface area contributed by atoms with Crippen LogP contribution in [0.5, 0.6) is 0 Å². The Bertz CT molecular complexity index is 515. The van der Waals surface area contributed by atoms with Crippen LogP contribution < -0.4 is 5.73 Å². The summed E-state index contributed by atoms with van der Waals surface area (Å²) >= 11 is 1.73. The number of fused-ring (bicyclic) bond motifs is 1. The van der Waals surface area contributed by atoms with Crippen LogP contribution in [0.4, 0.5) is 0 Å². The SMILES string of the molecule is CC1CCc2sc(C(=O)N3CCC(C(C)N)CC3)cc2C1. The molecule has 1 aromatic heterocycles. The minimum absolute atomic E-state index is 0.241. The Labute approximate surface area is 131 Å². The summed E-state index contributed by atoms with van der Waals surface area (Å²) in [5, 5.41) is 0. The molecule has 1 fully saturated rings. The lowest BCUT2D eigenvalue weighted by molar-refractivity contribution is 0.0686. The number of hydrogen-bond donors (Lipinski definition) is 1. The smallest absolute Gasteiger partial charge is 0.263 e. The molecule has 1 saturated heterocycles. The van der Waals surface area contributed by atoms with Crippen LogP contribution in [0.2, 0.25) is 0 Å². The van der Waals surface area contributed by atoms with E-state index in [1.807, 2.05) is 4.90 Å². The first-order valence-corrected chi connectivity index (χ1v) is 9.02. The molecule has 1 aliphatic heterocycles. The van der Waals surface area contributed by atoms with E-state index in [9.17, 15) is 4.79 Å². The minimum atomic E-state index is 0.241. The lowest BCUT2D eigenvalue weighted by Gasteiger charge is -2.33. The van der Waals surface area contributed by atoms with Crippen molar-refractivity contribution in [2.75, 3.05) is 13.1 Å². The molecule has 3 rings (SSSR count). The molecular weight excluding hydrogens is 280 g/mol. The molecule has 116 valence electrons. The molecule has 21 heavy (non-hydrogen) atoms. The number of rotatable bonds is 2. The van der Waals surface area contributed by atoms with Crippen LogP contribution in [-0.2, 0) is 12.8 Å². The van der Waals surface area contributed by atoms with Crippen molar-refractivity contribution >= 4 is 17.2 Å². The first-order chi connectivity index (χ1) is 10.0. The number of piperidine rings is 1. The minimum Gasteiger partial charge on any atom is -0.338 e. The zero-order valence-corrected chi connectivity index (χ0v) is 13.9. The Kier molecular flexibility index (Phi) is 4.36. The number of likely N-dealkylation sites (tertiary alicyclic amines) is 1. The number of carbonyl (C=O) groups excluding carboxylic acids is 1. The lowest BCUT2D eigenvalue weighted by atomic mass is 9.90. The van der Waals surface area contributed by atoms with Gasteiger partial charge in [-0.15, -0.1) is 11.3 Å². The van der Waals surface area contributed by atoms with E-state index in [-0.39, 0.29) is 11.9 Å². The van der Waals surface area contributed by atoms with Crippen LogP contribution in [0.1, 0.15) is 53.2 Å². The molecule has 2 aliphatic rings. The van der Waals surface area contributed by atoms with E-state index in [0.29, 0.717) is 5.92 Å². The molecule has 1 amide bonds. The van der Waals surface area contributed by atoms with Crippen LogP contribution in [-0.4, -0.2) is 29.9 Å². The topological polar surface area (TPSA) is 46.3 Å². The first-order valence-electron chi connectivity index (χ1n) is 8.21. The third-order valence-corrected chi connectivity index (χ3v) is 6.34. The molecule has 0 saturated carbocycles. The van der Waals surface area contributed by atoms with Crippen LogP contribution in [0, 0.1) is 11.8 Å². The summed E-state index contributed by atoms with van der Waals surface area (Å²) in [6.45, 7) is 6.12. The van der Waals surface area contributed by atoms with Crippen LogP contribution >= 0.6 is 11.3 Å². The van der Waals surface area contributed by atoms with Crippen LogP contribution in [0.25, 0.3) is 0 Å². The van der Waals surface area contributed by atoms with Crippen LogP contribution in [0.15, 0.2) is 6.07 Å². The number of aryl methyl sites for hydroxylation is 1. The third-order valence-electron chi connectivity index (χ3n) is 5.11. The number of carbonyl (C=O) groups is 1. The second-order valence-corrected chi connectivity index (χ2v) is 8.03. The largest absolute Gasteiger partial charge is 0.338 e. The van der Waals surface area contributed by atoms with E-state index in [1.54, 1.807) is 11.3 Å². The predicted molar refractivity (Wildman–Crippen MR) is 87.8 cm³/mol. The quantitative estimate of drug-likeness (QED) is 0.912. The Balaban J connectivity index is 1.66. The van der Waals surface area contributed by atoms with Gasteiger partial charge in [0.05, 0.1) is 4.88 Å². The van der Waals surface area contributed by atoms with Gasteiger partial charge in [-0.1, -0.05) is 6.92 Å². The van der Waals surface area contributed by atoms with E-state index in [1.165, 1.54) is 16.9 Å². The zero-order chi connectivity index (χ0) is 15.0. The fraction of sp³-hybridized carbons (Fsp3) is 0.706. The van der Waals surface area contributed by atoms with E-state index < -0.39 is 0 Å². The van der Waals surface area contributed by atoms with Gasteiger partial charge in [0.15, 0.2) is 0 Å². The highest BCUT2D eigenvalue weighted by molar-refractivity contribution is 7.14. The van der Waals surface area contributed by atoms with Crippen molar-refractivity contribution in [3.63, 3.8) is 0 Å². The monoisotopic (exact) mass is 306 g/mol. The number of nitrogens with two attached hydrogens (primary N) is 1. The van der Waals surface area contributed by atoms with Gasteiger partial charge in [-0.25, -0.2) is 0 Å². The van der Waals surface area contributed by atoms with E-state index in [4.69, 9.17) is 5.73 Å². The van der Waals surface area contributed by atoms with Crippen LogP contribution in [0.3, 0.4) is 0 Å². The van der Waals surface area contributed by atoms with E-state index >= 15 is 0 Å². The normalized spacial score (nSPS) is 24.7. The maximum Gasteiger partial charge on any atom is 0.263 e. The molecule has 2 N–H and O–H groups in total. The fourth-order valence-electron chi connectivity index (χ4n) is 3.60. The molecule has 4 heteroatoms. The Morgan fingerprint density at radius 1 is 1.38 bits per heavy atom. The van der Waals surface area contributed by atoms with E-state index in [2.05, 4.69) is 19.9 Å². The number of hydrogen-bond acceptors (Lipinski definition) is 3. The number of thiophene rings is 1. The third kappa shape index (κ3) is 3.16. The molecule has 1 aliphatic carbocycles. The average molecular weight is 306 g/mol. The van der Waals surface area contributed by atoms with Crippen molar-refractivity contribution in [2.24, 2.45) is 17.6 Å². The summed E-state index contributed by atoms with van der Waals surface area (Å²) in [6.07, 6.45) is 5.66. The molecule has 1 aromatic rings. The zero-order valence-electron chi connectivity index (χ0n) is 13.1.